The minimum Gasteiger partial charge on any atom is -0.333 e. The summed E-state index contributed by atoms with van der Waals surface area (Å²) in [7, 11) is 2.03. The van der Waals surface area contributed by atoms with E-state index in [1.807, 2.05) is 13.4 Å². The third kappa shape index (κ3) is 2.58. The van der Waals surface area contributed by atoms with Crippen molar-refractivity contribution >= 4 is 0 Å². The molecule has 0 spiro atoms. The van der Waals surface area contributed by atoms with Crippen molar-refractivity contribution in [3.8, 4) is 0 Å². The van der Waals surface area contributed by atoms with Crippen molar-refractivity contribution in [2.45, 2.75) is 46.2 Å². The third-order valence-electron chi connectivity index (χ3n) is 2.81. The Labute approximate surface area is 86.5 Å². The van der Waals surface area contributed by atoms with Gasteiger partial charge in [0.2, 0.25) is 0 Å². The van der Waals surface area contributed by atoms with E-state index in [1.165, 1.54) is 18.5 Å². The molecule has 0 aliphatic heterocycles. The molecule has 0 aliphatic carbocycles. The fourth-order valence-electron chi connectivity index (χ4n) is 1.64. The lowest BCUT2D eigenvalue weighted by molar-refractivity contribution is 0.445. The Kier molecular flexibility index (Phi) is 4.14. The summed E-state index contributed by atoms with van der Waals surface area (Å²) < 4.78 is 2.23. The second-order valence-electron chi connectivity index (χ2n) is 3.84. The number of hydrogen-bond acceptors (Lipinski definition) is 2. The molecule has 1 rings (SSSR count). The normalized spacial score (nSPS) is 13.1. The van der Waals surface area contributed by atoms with Gasteiger partial charge in [0, 0.05) is 18.3 Å². The van der Waals surface area contributed by atoms with Crippen molar-refractivity contribution in [2.75, 3.05) is 7.05 Å². The molecule has 14 heavy (non-hydrogen) atoms. The van der Waals surface area contributed by atoms with Gasteiger partial charge in [0.1, 0.15) is 0 Å². The lowest BCUT2D eigenvalue weighted by Gasteiger charge is -2.16. The Balaban J connectivity index is 2.62. The van der Waals surface area contributed by atoms with Crippen LogP contribution >= 0.6 is 0 Å². The lowest BCUT2D eigenvalue weighted by Crippen LogP contribution is -2.30. The molecule has 1 atom stereocenters. The van der Waals surface area contributed by atoms with Crippen molar-refractivity contribution < 1.29 is 0 Å². The number of rotatable bonds is 5. The van der Waals surface area contributed by atoms with Crippen LogP contribution in [0.1, 0.15) is 31.2 Å². The first-order valence-electron chi connectivity index (χ1n) is 5.34. The summed E-state index contributed by atoms with van der Waals surface area (Å²) in [5.74, 6) is 0. The van der Waals surface area contributed by atoms with E-state index in [1.54, 1.807) is 0 Å². The minimum atomic E-state index is 0.562. The smallest absolute Gasteiger partial charge is 0.0951 e. The third-order valence-corrected chi connectivity index (χ3v) is 2.81. The van der Waals surface area contributed by atoms with Crippen molar-refractivity contribution in [3.05, 3.63) is 17.7 Å². The molecule has 80 valence electrons. The summed E-state index contributed by atoms with van der Waals surface area (Å²) in [5.41, 5.74) is 2.41. The molecule has 0 aliphatic rings. The molecule has 1 heterocycles. The quantitative estimate of drug-likeness (QED) is 0.777. The molecular weight excluding hydrogens is 174 g/mol. The molecule has 3 heteroatoms. The fourth-order valence-corrected chi connectivity index (χ4v) is 1.64. The maximum Gasteiger partial charge on any atom is 0.0951 e. The van der Waals surface area contributed by atoms with E-state index in [4.69, 9.17) is 0 Å². The van der Waals surface area contributed by atoms with Gasteiger partial charge in [-0.2, -0.15) is 0 Å². The van der Waals surface area contributed by atoms with Crippen LogP contribution < -0.4 is 5.32 Å². The molecule has 0 amide bonds. The van der Waals surface area contributed by atoms with Gasteiger partial charge in [0.15, 0.2) is 0 Å². The van der Waals surface area contributed by atoms with Crippen LogP contribution in [0.4, 0.5) is 0 Å². The number of imidazole rings is 1. The van der Waals surface area contributed by atoms with Crippen LogP contribution in [0.25, 0.3) is 0 Å². The molecule has 0 radical (unpaired) electrons. The largest absolute Gasteiger partial charge is 0.333 e. The summed E-state index contributed by atoms with van der Waals surface area (Å²) in [6, 6.07) is 0.562. The lowest BCUT2D eigenvalue weighted by atomic mass is 10.1. The number of aryl methyl sites for hydroxylation is 1. The van der Waals surface area contributed by atoms with Gasteiger partial charge in [0.25, 0.3) is 0 Å². The second-order valence-corrected chi connectivity index (χ2v) is 3.84. The Morgan fingerprint density at radius 3 is 2.64 bits per heavy atom. The van der Waals surface area contributed by atoms with Crippen LogP contribution in [0.5, 0.6) is 0 Å². The van der Waals surface area contributed by atoms with Crippen molar-refractivity contribution in [1.29, 1.82) is 0 Å². The summed E-state index contributed by atoms with van der Waals surface area (Å²) in [6.07, 6.45) is 4.37. The highest BCUT2D eigenvalue weighted by Crippen LogP contribution is 2.07. The van der Waals surface area contributed by atoms with E-state index >= 15 is 0 Å². The molecule has 0 saturated carbocycles. The molecule has 0 aromatic carbocycles. The first-order chi connectivity index (χ1) is 6.69. The van der Waals surface area contributed by atoms with Gasteiger partial charge in [-0.3, -0.25) is 0 Å². The standard InChI is InChI=1S/C11H21N3/c1-5-6-11(12-4)7-14-8-13-9(2)10(14)3/h8,11-12H,5-7H2,1-4H3. The first-order valence-corrected chi connectivity index (χ1v) is 5.34. The van der Waals surface area contributed by atoms with Gasteiger partial charge in [-0.1, -0.05) is 13.3 Å². The molecule has 1 aromatic rings. The maximum absolute atomic E-state index is 4.30. The van der Waals surface area contributed by atoms with Crippen molar-refractivity contribution in [1.82, 2.24) is 14.9 Å². The fraction of sp³-hybridized carbons (Fsp3) is 0.727. The highest BCUT2D eigenvalue weighted by Gasteiger charge is 2.08. The number of aromatic nitrogens is 2. The summed E-state index contributed by atoms with van der Waals surface area (Å²) in [4.78, 5) is 4.30. The zero-order valence-electron chi connectivity index (χ0n) is 9.67. The van der Waals surface area contributed by atoms with Gasteiger partial charge >= 0.3 is 0 Å². The molecule has 0 fully saturated rings. The number of nitrogens with zero attached hydrogens (tertiary/aromatic N) is 2. The predicted molar refractivity (Wildman–Crippen MR) is 59.5 cm³/mol. The first kappa shape index (κ1) is 11.2. The molecular formula is C11H21N3. The van der Waals surface area contributed by atoms with Crippen molar-refractivity contribution in [2.24, 2.45) is 0 Å². The van der Waals surface area contributed by atoms with E-state index < -0.39 is 0 Å². The summed E-state index contributed by atoms with van der Waals surface area (Å²) in [5, 5.41) is 3.34. The van der Waals surface area contributed by atoms with Crippen LogP contribution in [0.2, 0.25) is 0 Å². The number of likely N-dealkylation sites (N-methyl/N-ethyl adjacent to an activating group) is 1. The van der Waals surface area contributed by atoms with E-state index in [0.717, 1.165) is 12.2 Å². The highest BCUT2D eigenvalue weighted by atomic mass is 15.1. The molecule has 0 saturated heterocycles. The number of nitrogens with one attached hydrogen (secondary N) is 1. The van der Waals surface area contributed by atoms with Gasteiger partial charge in [-0.05, 0) is 27.3 Å². The Morgan fingerprint density at radius 1 is 1.50 bits per heavy atom. The molecule has 1 aromatic heterocycles. The topological polar surface area (TPSA) is 29.9 Å². The predicted octanol–water partition coefficient (Wildman–Crippen LogP) is 1.89. The van der Waals surface area contributed by atoms with E-state index in [-0.39, 0.29) is 0 Å². The van der Waals surface area contributed by atoms with Crippen LogP contribution in [0.3, 0.4) is 0 Å². The maximum atomic E-state index is 4.30. The van der Waals surface area contributed by atoms with E-state index in [0.29, 0.717) is 6.04 Å². The van der Waals surface area contributed by atoms with Crippen LogP contribution in [-0.4, -0.2) is 22.6 Å². The van der Waals surface area contributed by atoms with Gasteiger partial charge in [-0.15, -0.1) is 0 Å². The van der Waals surface area contributed by atoms with Crippen LogP contribution in [0.15, 0.2) is 6.33 Å². The second kappa shape index (κ2) is 5.15. The summed E-state index contributed by atoms with van der Waals surface area (Å²) in [6.45, 7) is 7.43. The molecule has 0 bridgehead atoms. The van der Waals surface area contributed by atoms with Crippen LogP contribution in [0, 0.1) is 13.8 Å². The molecule has 3 nitrogen and oxygen atoms in total. The SMILES string of the molecule is CCCC(Cn1cnc(C)c1C)NC. The van der Waals surface area contributed by atoms with Gasteiger partial charge in [-0.25, -0.2) is 4.98 Å². The van der Waals surface area contributed by atoms with Crippen LogP contribution in [-0.2, 0) is 6.54 Å². The highest BCUT2D eigenvalue weighted by molar-refractivity contribution is 5.08. The van der Waals surface area contributed by atoms with Gasteiger partial charge < -0.3 is 9.88 Å². The average Bonchev–Trinajstić information content (AvgIpc) is 2.49. The minimum absolute atomic E-state index is 0.562. The Bertz CT molecular complexity index is 278. The zero-order chi connectivity index (χ0) is 10.6. The van der Waals surface area contributed by atoms with Crippen molar-refractivity contribution in [3.63, 3.8) is 0 Å². The number of hydrogen-bond donors (Lipinski definition) is 1. The average molecular weight is 195 g/mol. The molecule has 1 N–H and O–H groups in total. The Morgan fingerprint density at radius 2 is 2.21 bits per heavy atom. The van der Waals surface area contributed by atoms with E-state index in [9.17, 15) is 0 Å². The van der Waals surface area contributed by atoms with E-state index in [2.05, 4.69) is 35.6 Å². The monoisotopic (exact) mass is 195 g/mol. The zero-order valence-corrected chi connectivity index (χ0v) is 9.67. The Hall–Kier alpha value is -0.830. The van der Waals surface area contributed by atoms with Gasteiger partial charge in [0.05, 0.1) is 12.0 Å². The molecule has 1 unspecified atom stereocenters. The summed E-state index contributed by atoms with van der Waals surface area (Å²) >= 11 is 0.